The molecule has 262 valence electrons. The molecule has 0 bridgehead atoms. The molecule has 1 aromatic carbocycles. The van der Waals surface area contributed by atoms with E-state index in [2.05, 4.69) is 40.7 Å². The molecule has 5 heteroatoms. The summed E-state index contributed by atoms with van der Waals surface area (Å²) in [5, 5.41) is 0. The van der Waals surface area contributed by atoms with Gasteiger partial charge >= 0.3 is 11.9 Å². The molecule has 9 atom stereocenters. The molecule has 0 aliphatic heterocycles. The van der Waals surface area contributed by atoms with Crippen LogP contribution in [-0.4, -0.2) is 24.1 Å². The Bertz CT molecular complexity index is 1210. The number of carbonyl (C=O) groups excluding carboxylic acids is 2. The average molecular weight is 648 g/mol. The number of hydrogen-bond acceptors (Lipinski definition) is 5. The maximum atomic E-state index is 13.0. The number of rotatable bonds is 15. The van der Waals surface area contributed by atoms with Crippen molar-refractivity contribution in [3.63, 3.8) is 0 Å². The summed E-state index contributed by atoms with van der Waals surface area (Å²) in [6.45, 7) is 12.8. The van der Waals surface area contributed by atoms with E-state index in [0.29, 0.717) is 24.9 Å². The second-order valence-electron chi connectivity index (χ2n) is 16.9. The zero-order valence-electron chi connectivity index (χ0n) is 30.3. The van der Waals surface area contributed by atoms with Crippen LogP contribution in [0, 0.1) is 46.3 Å². The molecule has 0 saturated heterocycles. The van der Waals surface area contributed by atoms with E-state index in [-0.39, 0.29) is 23.5 Å². The number of unbranched alkanes of at least 4 members (excludes halogenated alkanes) is 2. The minimum Gasteiger partial charge on any atom is -0.461 e. The highest BCUT2D eigenvalue weighted by molar-refractivity contribution is 5.75. The van der Waals surface area contributed by atoms with Crippen molar-refractivity contribution < 1.29 is 19.1 Å². The standard InChI is InChI=1S/C42H65NO4/c1-29(2)13-12-14-30(3)35-21-22-36-34-20-19-32-27-33(23-25-41(32,4)37(34)24-26-42(35,36)5)47-40(45)38(43)17-10-7-11-18-39(44)46-28-31-15-8-6-9-16-31/h6,8-9,15-16,19,29-30,33-38H,7,10-14,17-18,20-28,43H2,1-5H3/t30-,33+,34?,35-,36?,37?,38+,41+,42-/m1/s1. The maximum Gasteiger partial charge on any atom is 0.323 e. The van der Waals surface area contributed by atoms with Crippen molar-refractivity contribution in [2.45, 2.75) is 156 Å². The van der Waals surface area contributed by atoms with Crippen LogP contribution >= 0.6 is 0 Å². The first-order valence-corrected chi connectivity index (χ1v) is 19.4. The number of fused-ring (bicyclic) bond motifs is 5. The van der Waals surface area contributed by atoms with Gasteiger partial charge in [0.25, 0.3) is 0 Å². The molecule has 0 aromatic heterocycles. The van der Waals surface area contributed by atoms with Gasteiger partial charge < -0.3 is 15.2 Å². The third kappa shape index (κ3) is 8.54. The van der Waals surface area contributed by atoms with E-state index in [4.69, 9.17) is 15.2 Å². The van der Waals surface area contributed by atoms with Crippen molar-refractivity contribution in [1.29, 1.82) is 0 Å². The van der Waals surface area contributed by atoms with Gasteiger partial charge in [0.2, 0.25) is 0 Å². The summed E-state index contributed by atoms with van der Waals surface area (Å²) in [5.41, 5.74) is 9.59. The number of nitrogens with two attached hydrogens (primary N) is 1. The van der Waals surface area contributed by atoms with Gasteiger partial charge in [0.15, 0.2) is 0 Å². The highest BCUT2D eigenvalue weighted by atomic mass is 16.5. The Morgan fingerprint density at radius 2 is 1.68 bits per heavy atom. The minimum atomic E-state index is -0.600. The summed E-state index contributed by atoms with van der Waals surface area (Å²) in [7, 11) is 0. The molecular weight excluding hydrogens is 582 g/mol. The van der Waals surface area contributed by atoms with Gasteiger partial charge in [0.05, 0.1) is 0 Å². The van der Waals surface area contributed by atoms with Crippen LogP contribution < -0.4 is 5.73 Å². The number of esters is 2. The van der Waals surface area contributed by atoms with Crippen LogP contribution in [-0.2, 0) is 25.7 Å². The Kier molecular flexibility index (Phi) is 12.3. The zero-order chi connectivity index (χ0) is 33.6. The van der Waals surface area contributed by atoms with E-state index in [9.17, 15) is 9.59 Å². The van der Waals surface area contributed by atoms with E-state index in [1.807, 2.05) is 30.3 Å². The molecule has 4 aliphatic rings. The largest absolute Gasteiger partial charge is 0.461 e. The Labute approximate surface area is 286 Å². The molecule has 5 nitrogen and oxygen atoms in total. The molecule has 1 aromatic rings. The lowest BCUT2D eigenvalue weighted by atomic mass is 9.47. The highest BCUT2D eigenvalue weighted by Gasteiger charge is 2.59. The molecule has 3 unspecified atom stereocenters. The molecule has 0 radical (unpaired) electrons. The summed E-state index contributed by atoms with van der Waals surface area (Å²) < 4.78 is 11.4. The Morgan fingerprint density at radius 1 is 0.894 bits per heavy atom. The van der Waals surface area contributed by atoms with Crippen molar-refractivity contribution >= 4 is 11.9 Å². The first-order valence-electron chi connectivity index (χ1n) is 19.4. The van der Waals surface area contributed by atoms with Crippen molar-refractivity contribution in [3.8, 4) is 0 Å². The van der Waals surface area contributed by atoms with Crippen LogP contribution in [0.2, 0.25) is 0 Å². The molecule has 4 aliphatic carbocycles. The second kappa shape index (κ2) is 16.0. The smallest absolute Gasteiger partial charge is 0.323 e. The fourth-order valence-corrected chi connectivity index (χ4v) is 10.7. The lowest BCUT2D eigenvalue weighted by Crippen LogP contribution is -2.51. The van der Waals surface area contributed by atoms with E-state index in [1.54, 1.807) is 5.57 Å². The van der Waals surface area contributed by atoms with E-state index >= 15 is 0 Å². The SMILES string of the molecule is CC(C)CCC[C@@H](C)[C@H]1CCC2C3CC=C4C[C@@H](OC(=O)[C@@H](N)CCCCCC(=O)OCc5ccccc5)CC[C@]4(C)C3CC[C@@]21C. The van der Waals surface area contributed by atoms with Crippen LogP contribution in [0.1, 0.15) is 143 Å². The summed E-state index contributed by atoms with van der Waals surface area (Å²) in [6.07, 6.45) is 19.8. The van der Waals surface area contributed by atoms with Crippen LogP contribution in [0.4, 0.5) is 0 Å². The quantitative estimate of drug-likeness (QED) is 0.116. The van der Waals surface area contributed by atoms with Crippen molar-refractivity contribution in [2.24, 2.45) is 52.1 Å². The van der Waals surface area contributed by atoms with Gasteiger partial charge in [-0.2, -0.15) is 0 Å². The number of hydrogen-bond donors (Lipinski definition) is 1. The van der Waals surface area contributed by atoms with E-state index in [1.165, 1.54) is 51.4 Å². The first kappa shape index (κ1) is 36.1. The van der Waals surface area contributed by atoms with Gasteiger partial charge in [-0.1, -0.05) is 109 Å². The summed E-state index contributed by atoms with van der Waals surface area (Å²) >= 11 is 0. The molecular formula is C42H65NO4. The molecule has 0 amide bonds. The number of allylic oxidation sites excluding steroid dienone is 1. The summed E-state index contributed by atoms with van der Waals surface area (Å²) in [4.78, 5) is 25.0. The van der Waals surface area contributed by atoms with Gasteiger partial charge in [0, 0.05) is 12.8 Å². The van der Waals surface area contributed by atoms with Crippen molar-refractivity contribution in [2.75, 3.05) is 0 Å². The second-order valence-corrected chi connectivity index (χ2v) is 16.9. The fourth-order valence-electron chi connectivity index (χ4n) is 10.7. The third-order valence-corrected chi connectivity index (χ3v) is 13.5. The third-order valence-electron chi connectivity index (χ3n) is 13.5. The topological polar surface area (TPSA) is 78.6 Å². The van der Waals surface area contributed by atoms with E-state index < -0.39 is 6.04 Å². The predicted octanol–water partition coefficient (Wildman–Crippen LogP) is 9.96. The monoisotopic (exact) mass is 647 g/mol. The lowest BCUT2D eigenvalue weighted by molar-refractivity contribution is -0.153. The molecule has 5 rings (SSSR count). The molecule has 2 N–H and O–H groups in total. The Balaban J connectivity index is 1.04. The lowest BCUT2D eigenvalue weighted by Gasteiger charge is -2.58. The Hall–Kier alpha value is -2.14. The van der Waals surface area contributed by atoms with Gasteiger partial charge in [-0.25, -0.2) is 0 Å². The predicted molar refractivity (Wildman–Crippen MR) is 190 cm³/mol. The van der Waals surface area contributed by atoms with Crippen molar-refractivity contribution in [3.05, 3.63) is 47.5 Å². The summed E-state index contributed by atoms with van der Waals surface area (Å²) in [6, 6.07) is 9.13. The van der Waals surface area contributed by atoms with Crippen LogP contribution in [0.15, 0.2) is 42.0 Å². The van der Waals surface area contributed by atoms with Crippen molar-refractivity contribution in [1.82, 2.24) is 0 Å². The van der Waals surface area contributed by atoms with E-state index in [0.717, 1.165) is 79.6 Å². The van der Waals surface area contributed by atoms with Crippen LogP contribution in [0.5, 0.6) is 0 Å². The van der Waals surface area contributed by atoms with Gasteiger partial charge in [-0.3, -0.25) is 9.59 Å². The highest BCUT2D eigenvalue weighted by Crippen LogP contribution is 2.67. The minimum absolute atomic E-state index is 0.0554. The zero-order valence-corrected chi connectivity index (χ0v) is 30.3. The van der Waals surface area contributed by atoms with Crippen LogP contribution in [0.25, 0.3) is 0 Å². The molecule has 0 heterocycles. The molecule has 47 heavy (non-hydrogen) atoms. The fraction of sp³-hybridized carbons (Fsp3) is 0.762. The van der Waals surface area contributed by atoms with Gasteiger partial charge in [0.1, 0.15) is 18.8 Å². The maximum absolute atomic E-state index is 13.0. The van der Waals surface area contributed by atoms with Crippen LogP contribution in [0.3, 0.4) is 0 Å². The molecule has 3 fully saturated rings. The number of ether oxygens (including phenoxy) is 2. The number of benzene rings is 1. The first-order chi connectivity index (χ1) is 22.5. The van der Waals surface area contributed by atoms with Gasteiger partial charge in [-0.15, -0.1) is 0 Å². The Morgan fingerprint density at radius 3 is 2.45 bits per heavy atom. The summed E-state index contributed by atoms with van der Waals surface area (Å²) in [5.74, 6) is 4.55. The molecule has 3 saturated carbocycles. The molecule has 0 spiro atoms. The van der Waals surface area contributed by atoms with Gasteiger partial charge in [-0.05, 0) is 110 Å². The average Bonchev–Trinajstić information content (AvgIpc) is 3.41. The number of carbonyl (C=O) groups is 2. The normalized spacial score (nSPS) is 32.8.